The van der Waals surface area contributed by atoms with Gasteiger partial charge in [0.05, 0.1) is 0 Å². The van der Waals surface area contributed by atoms with Crippen molar-refractivity contribution in [2.45, 2.75) is 42.6 Å². The van der Waals surface area contributed by atoms with E-state index < -0.39 is 33.8 Å². The van der Waals surface area contributed by atoms with Gasteiger partial charge in [-0.2, -0.15) is 26.3 Å². The molecule has 2 nitrogen and oxygen atoms in total. The van der Waals surface area contributed by atoms with E-state index >= 15 is 0 Å². The first kappa shape index (κ1) is 17.8. The Labute approximate surface area is 113 Å². The molecule has 0 amide bonds. The van der Waals surface area contributed by atoms with E-state index in [2.05, 4.69) is 4.74 Å². The van der Waals surface area contributed by atoms with Crippen LogP contribution in [0, 0.1) is 5.92 Å². The molecule has 0 aliphatic heterocycles. The van der Waals surface area contributed by atoms with Gasteiger partial charge in [-0.15, -0.1) is 0 Å². The Hall–Kier alpha value is -0.220. The standard InChI is InChI=1S/C9H11F6IO2/c1-4(2)7(3,16)6(17)18-5(8(10,11)12)9(13,14)15/h4-5H,1-3H3. The fourth-order valence-corrected chi connectivity index (χ4v) is 0.904. The van der Waals surface area contributed by atoms with Crippen molar-refractivity contribution in [1.29, 1.82) is 0 Å². The van der Waals surface area contributed by atoms with E-state index in [0.29, 0.717) is 0 Å². The summed E-state index contributed by atoms with van der Waals surface area (Å²) in [5, 5.41) is 0. The second-order valence-corrected chi connectivity index (χ2v) is 6.34. The molecule has 9 heteroatoms. The molecule has 0 spiro atoms. The molecule has 0 aliphatic carbocycles. The molecule has 1 atom stereocenters. The largest absolute Gasteiger partial charge is 0.442 e. The number of carbonyl (C=O) groups is 1. The van der Waals surface area contributed by atoms with Gasteiger partial charge in [-0.1, -0.05) is 36.4 Å². The van der Waals surface area contributed by atoms with Crippen LogP contribution in [0.1, 0.15) is 20.8 Å². The van der Waals surface area contributed by atoms with Gasteiger partial charge in [-0.25, -0.2) is 0 Å². The summed E-state index contributed by atoms with van der Waals surface area (Å²) < 4.78 is 75.1. The van der Waals surface area contributed by atoms with Crippen LogP contribution in [0.2, 0.25) is 0 Å². The third-order valence-corrected chi connectivity index (χ3v) is 3.99. The Kier molecular flexibility index (Phi) is 5.35. The molecule has 108 valence electrons. The van der Waals surface area contributed by atoms with E-state index in [0.717, 1.165) is 0 Å². The third-order valence-electron chi connectivity index (χ3n) is 2.30. The summed E-state index contributed by atoms with van der Waals surface area (Å²) >= 11 is 1.47. The summed E-state index contributed by atoms with van der Waals surface area (Å²) in [7, 11) is 0. The van der Waals surface area contributed by atoms with Crippen molar-refractivity contribution in [3.63, 3.8) is 0 Å². The van der Waals surface area contributed by atoms with E-state index in [1.807, 2.05) is 0 Å². The number of carbonyl (C=O) groups excluding carboxylic acids is 1. The number of hydrogen-bond acceptors (Lipinski definition) is 2. The predicted octanol–water partition coefficient (Wildman–Crippen LogP) is 3.87. The van der Waals surface area contributed by atoms with Crippen molar-refractivity contribution in [2.75, 3.05) is 0 Å². The first-order chi connectivity index (χ1) is 7.70. The Balaban J connectivity index is 5.10. The lowest BCUT2D eigenvalue weighted by atomic mass is 9.98. The van der Waals surface area contributed by atoms with Crippen molar-refractivity contribution in [3.8, 4) is 0 Å². The van der Waals surface area contributed by atoms with Gasteiger partial charge in [0.15, 0.2) is 0 Å². The normalized spacial score (nSPS) is 16.9. The van der Waals surface area contributed by atoms with Crippen LogP contribution in [0.25, 0.3) is 0 Å². The molecule has 0 fully saturated rings. The molecule has 0 bridgehead atoms. The highest BCUT2D eigenvalue weighted by Crippen LogP contribution is 2.38. The number of esters is 1. The van der Waals surface area contributed by atoms with E-state index in [-0.39, 0.29) is 0 Å². The summed E-state index contributed by atoms with van der Waals surface area (Å²) in [5.41, 5.74) is 0. The molecule has 1 unspecified atom stereocenters. The van der Waals surface area contributed by atoms with E-state index in [1.165, 1.54) is 43.4 Å². The molecular formula is C9H11F6IO2. The average molecular weight is 392 g/mol. The molecule has 0 heterocycles. The Morgan fingerprint density at radius 1 is 1.06 bits per heavy atom. The highest BCUT2D eigenvalue weighted by atomic mass is 127. The lowest BCUT2D eigenvalue weighted by Gasteiger charge is -2.29. The molecule has 0 saturated carbocycles. The molecule has 0 aromatic heterocycles. The topological polar surface area (TPSA) is 26.3 Å². The van der Waals surface area contributed by atoms with Crippen molar-refractivity contribution in [2.24, 2.45) is 5.92 Å². The predicted molar refractivity (Wildman–Crippen MR) is 59.3 cm³/mol. The van der Waals surface area contributed by atoms with Gasteiger partial charge in [0.1, 0.15) is 3.42 Å². The van der Waals surface area contributed by atoms with Crippen LogP contribution in [-0.2, 0) is 9.53 Å². The van der Waals surface area contributed by atoms with Crippen molar-refractivity contribution in [1.82, 2.24) is 0 Å². The summed E-state index contributed by atoms with van der Waals surface area (Å²) in [5.74, 6) is -2.02. The van der Waals surface area contributed by atoms with E-state index in [4.69, 9.17) is 0 Å². The molecule has 18 heavy (non-hydrogen) atoms. The van der Waals surface area contributed by atoms with Crippen LogP contribution in [-0.4, -0.2) is 27.8 Å². The van der Waals surface area contributed by atoms with Crippen LogP contribution >= 0.6 is 22.6 Å². The van der Waals surface area contributed by atoms with Crippen LogP contribution < -0.4 is 0 Å². The molecule has 0 rings (SSSR count). The van der Waals surface area contributed by atoms with Gasteiger partial charge in [-0.3, -0.25) is 4.79 Å². The minimum absolute atomic E-state index is 0.479. The van der Waals surface area contributed by atoms with Crippen LogP contribution in [0.4, 0.5) is 26.3 Å². The Morgan fingerprint density at radius 3 is 1.61 bits per heavy atom. The van der Waals surface area contributed by atoms with Crippen LogP contribution in [0.5, 0.6) is 0 Å². The second kappa shape index (κ2) is 5.41. The van der Waals surface area contributed by atoms with E-state index in [9.17, 15) is 31.1 Å². The van der Waals surface area contributed by atoms with Gasteiger partial charge >= 0.3 is 18.3 Å². The summed E-state index contributed by atoms with van der Waals surface area (Å²) in [6.07, 6.45) is -15.5. The van der Waals surface area contributed by atoms with Crippen LogP contribution in [0.3, 0.4) is 0 Å². The van der Waals surface area contributed by atoms with Crippen molar-refractivity contribution < 1.29 is 35.9 Å². The summed E-state index contributed by atoms with van der Waals surface area (Å²) in [4.78, 5) is 11.4. The molecule has 0 aliphatic rings. The minimum atomic E-state index is -5.68. The highest BCUT2D eigenvalue weighted by Gasteiger charge is 2.60. The molecule has 0 N–H and O–H groups in total. The minimum Gasteiger partial charge on any atom is -0.442 e. The molecule has 0 aromatic carbocycles. The average Bonchev–Trinajstić information content (AvgIpc) is 2.09. The van der Waals surface area contributed by atoms with Crippen molar-refractivity contribution in [3.05, 3.63) is 0 Å². The van der Waals surface area contributed by atoms with Gasteiger partial charge in [0, 0.05) is 0 Å². The lowest BCUT2D eigenvalue weighted by Crippen LogP contribution is -2.49. The van der Waals surface area contributed by atoms with Gasteiger partial charge < -0.3 is 4.74 Å². The number of ether oxygens (including phenoxy) is 1. The maximum absolute atomic E-state index is 12.2. The molecule has 0 aromatic rings. The fraction of sp³-hybridized carbons (Fsp3) is 0.889. The second-order valence-electron chi connectivity index (χ2n) is 4.10. The fourth-order valence-electron chi connectivity index (χ4n) is 0.777. The number of alkyl halides is 7. The molecule has 0 radical (unpaired) electrons. The maximum Gasteiger partial charge on any atom is 0.434 e. The van der Waals surface area contributed by atoms with Gasteiger partial charge in [-0.05, 0) is 12.8 Å². The zero-order valence-corrected chi connectivity index (χ0v) is 11.8. The Morgan fingerprint density at radius 2 is 1.39 bits per heavy atom. The first-order valence-corrected chi connectivity index (χ1v) is 5.82. The molecular weight excluding hydrogens is 381 g/mol. The first-order valence-electron chi connectivity index (χ1n) is 4.74. The van der Waals surface area contributed by atoms with Crippen LogP contribution in [0.15, 0.2) is 0 Å². The van der Waals surface area contributed by atoms with Gasteiger partial charge in [0.2, 0.25) is 0 Å². The molecule has 0 saturated heterocycles. The summed E-state index contributed by atoms with van der Waals surface area (Å²) in [6.45, 7) is 4.19. The third kappa shape index (κ3) is 4.47. The zero-order valence-electron chi connectivity index (χ0n) is 9.62. The smallest absolute Gasteiger partial charge is 0.434 e. The van der Waals surface area contributed by atoms with Gasteiger partial charge in [0.25, 0.3) is 6.10 Å². The number of rotatable bonds is 3. The summed E-state index contributed by atoms with van der Waals surface area (Å²) in [6, 6.07) is 0. The number of hydrogen-bond donors (Lipinski definition) is 0. The quantitative estimate of drug-likeness (QED) is 0.316. The lowest BCUT2D eigenvalue weighted by molar-refractivity contribution is -0.314. The number of halogens is 7. The van der Waals surface area contributed by atoms with Crippen molar-refractivity contribution >= 4 is 28.6 Å². The highest BCUT2D eigenvalue weighted by molar-refractivity contribution is 14.1. The monoisotopic (exact) mass is 392 g/mol. The SMILES string of the molecule is CC(C)C(C)(I)C(=O)OC(C(F)(F)F)C(F)(F)F. The zero-order chi connectivity index (χ0) is 14.9. The Bertz CT molecular complexity index is 293. The van der Waals surface area contributed by atoms with E-state index in [1.54, 1.807) is 0 Å². The maximum atomic E-state index is 12.2.